The Bertz CT molecular complexity index is 4750. The number of alkyl halides is 2. The normalized spacial score (nSPS) is 10.3. The molecule has 1 aliphatic rings. The summed E-state index contributed by atoms with van der Waals surface area (Å²) >= 11 is 18.0. The molecule has 1 aromatic heterocycles. The minimum absolute atomic E-state index is 0. The Hall–Kier alpha value is -11.1. The van der Waals surface area contributed by atoms with Gasteiger partial charge in [0.25, 0.3) is 5.56 Å². The van der Waals surface area contributed by atoms with Gasteiger partial charge in [-0.1, -0.05) is 277 Å². The van der Waals surface area contributed by atoms with Crippen LogP contribution in [0.5, 0.6) is 28.7 Å². The maximum Gasteiger partial charge on any atom is 2.00 e. The number of phenols is 1. The summed E-state index contributed by atoms with van der Waals surface area (Å²) in [6.07, 6.45) is 8.72. The Morgan fingerprint density at radius 1 is 0.571 bits per heavy atom. The van der Waals surface area contributed by atoms with Crippen molar-refractivity contribution in [3.63, 3.8) is 0 Å². The number of aromatic nitrogens is 2. The molecule has 1 saturated carbocycles. The van der Waals surface area contributed by atoms with Crippen LogP contribution in [0, 0.1) is 82.3 Å². The van der Waals surface area contributed by atoms with Gasteiger partial charge in [-0.05, 0) is 129 Å². The molecule has 624 valence electrons. The second kappa shape index (κ2) is 65.9. The van der Waals surface area contributed by atoms with E-state index in [9.17, 15) is 36.3 Å². The molecule has 1 fully saturated rings. The van der Waals surface area contributed by atoms with E-state index < -0.39 is 40.8 Å². The van der Waals surface area contributed by atoms with E-state index in [-0.39, 0.29) is 120 Å². The van der Waals surface area contributed by atoms with Gasteiger partial charge in [0.05, 0.1) is 33.8 Å². The summed E-state index contributed by atoms with van der Waals surface area (Å²) in [7, 11) is 1.26. The summed E-state index contributed by atoms with van der Waals surface area (Å²) in [5.41, 5.74) is 11.6. The number of H-pyrrole nitrogens is 1. The third-order valence-electron chi connectivity index (χ3n) is 15.5. The zero-order valence-corrected chi connectivity index (χ0v) is 73.6. The van der Waals surface area contributed by atoms with Crippen LogP contribution in [0.15, 0.2) is 254 Å². The third-order valence-corrected chi connectivity index (χ3v) is 17.2. The van der Waals surface area contributed by atoms with Crippen LogP contribution in [-0.2, 0) is 70.3 Å². The number of benzene rings is 10. The van der Waals surface area contributed by atoms with Gasteiger partial charge in [0.2, 0.25) is 0 Å². The van der Waals surface area contributed by atoms with Crippen LogP contribution >= 0.6 is 55.1 Å². The fourth-order valence-corrected chi connectivity index (χ4v) is 11.3. The van der Waals surface area contributed by atoms with Crippen LogP contribution < -0.4 is 30.2 Å². The number of nitrogens with one attached hydrogen (secondary N) is 2. The second-order valence-corrected chi connectivity index (χ2v) is 26.3. The number of nitrogens with two attached hydrogens (primary N) is 1. The summed E-state index contributed by atoms with van der Waals surface area (Å²) in [6, 6.07) is 73.1. The Kier molecular flexibility index (Phi) is 59.8. The number of hydrogen-bond donors (Lipinski definition) is 4. The van der Waals surface area contributed by atoms with E-state index in [2.05, 4.69) is 58.7 Å². The molecule has 10 aromatic carbocycles. The van der Waals surface area contributed by atoms with Crippen molar-refractivity contribution in [3.8, 4) is 46.2 Å². The second-order valence-electron chi connectivity index (χ2n) is 24.2. The molecular weight excluding hydrogens is 1750 g/mol. The van der Waals surface area contributed by atoms with Crippen molar-refractivity contribution in [2.24, 2.45) is 11.7 Å². The van der Waals surface area contributed by atoms with Gasteiger partial charge < -0.3 is 67.9 Å². The van der Waals surface area contributed by atoms with Gasteiger partial charge in [-0.2, -0.15) is 5.26 Å². The molecule has 0 radical (unpaired) electrons. The van der Waals surface area contributed by atoms with Gasteiger partial charge >= 0.3 is 25.4 Å². The van der Waals surface area contributed by atoms with E-state index >= 15 is 0 Å². The van der Waals surface area contributed by atoms with Gasteiger partial charge in [0, 0.05) is 35.6 Å². The molecule has 12 rings (SSSR count). The summed E-state index contributed by atoms with van der Waals surface area (Å²) in [5, 5.41) is 39.9. The number of ether oxygens (including phenoxy) is 6. The van der Waals surface area contributed by atoms with Crippen molar-refractivity contribution in [1.82, 2.24) is 9.97 Å². The number of nitriles is 1. The standard InChI is InChI=1S/C18H15FN2O2.C14H13FN2O.C14H10FNO.C13H10ClFO.C8H15Br.C7H7Br.C6H4ClFO.C5H8O3.C4H10O.2CN.CH4.Zn/c1-12-10-16(22)21-18(20-12)14-8-5-9-15(19)17(14)23-11-13-6-3-2-4-7-13;15-12-8-4-7-11(14(16)17)13(12)18-9-10-5-2-1-3-6-10;15-13-8-4-7-12(9-16)14(13)17-10-11-5-2-1-3-6-11;14-11-7-4-8-12(15)13(11)16-9-10-5-2-1-3-6-10;9-7-6-8-4-2-1-3-5-8;8-6-7-4-2-1-3-5-7;7-4-2-1-3-5(8)6(4)9;1-4(6)3-5(7)8-2;1-3-5-4-2;2*1-2;;/h2-10H,11H2,1H3,(H,20,21,22);1-8H,9H2,(H3,16,17);1-8H,10H2;1-8H,9H2;8H,1-7H2;1-5H,6H2;1-3,9H;3H2,1-2H3;3-4H2,1-2H3;;;1H4;/q;;;;;;;;;2*-1;;+2. The van der Waals surface area contributed by atoms with Crippen molar-refractivity contribution >= 4 is 72.6 Å². The van der Waals surface area contributed by atoms with Gasteiger partial charge in [-0.3, -0.25) is 19.8 Å². The monoisotopic (exact) mass is 1850 g/mol. The van der Waals surface area contributed by atoms with Crippen molar-refractivity contribution in [2.45, 2.75) is 112 Å². The number of ketones is 1. The molecule has 27 heteroatoms. The summed E-state index contributed by atoms with van der Waals surface area (Å²) < 4.78 is 97.7. The van der Waals surface area contributed by atoms with E-state index in [0.717, 1.165) is 52.8 Å². The molecule has 0 aliphatic heterocycles. The quantitative estimate of drug-likeness (QED) is 0.00761. The van der Waals surface area contributed by atoms with Gasteiger partial charge in [-0.15, -0.1) is 0 Å². The Morgan fingerprint density at radius 3 is 1.33 bits per heavy atom. The molecule has 1 heterocycles. The van der Waals surface area contributed by atoms with Crippen molar-refractivity contribution in [1.29, 1.82) is 21.2 Å². The van der Waals surface area contributed by atoms with Crippen molar-refractivity contribution < 1.29 is 84.5 Å². The number of phenolic OH excluding ortho intramolecular Hbond substituents is 1. The topological polar surface area (TPSA) is 277 Å². The number of nitrogens with zero attached hydrogens (tertiary/aromatic N) is 4. The number of carbonyl (C=O) groups excluding carboxylic acids is 2. The number of methoxy groups -OCH3 is 1. The fourth-order valence-electron chi connectivity index (χ4n) is 9.87. The Labute approximate surface area is 734 Å². The van der Waals surface area contributed by atoms with Crippen molar-refractivity contribution in [2.75, 3.05) is 25.7 Å². The summed E-state index contributed by atoms with van der Waals surface area (Å²) in [6.45, 7) is 19.2. The number of Topliss-reactive ketones (excluding diaryl/α,β-unsaturated/α-hetero) is 1. The van der Waals surface area contributed by atoms with Crippen LogP contribution in [0.4, 0.5) is 22.0 Å². The smallest absolute Gasteiger partial charge is 0.512 e. The molecule has 0 amide bonds. The number of nitrogen functional groups attached to an aromatic ring is 1. The zero-order chi connectivity index (χ0) is 86.6. The molecule has 0 unspecified atom stereocenters. The van der Waals surface area contributed by atoms with Crippen LogP contribution in [0.1, 0.15) is 118 Å². The minimum Gasteiger partial charge on any atom is -0.512 e. The Morgan fingerprint density at radius 2 is 0.958 bits per heavy atom. The predicted octanol–water partition coefficient (Wildman–Crippen LogP) is 23.6. The summed E-state index contributed by atoms with van der Waals surface area (Å²) in [5.74, 6) is -2.44. The van der Waals surface area contributed by atoms with E-state index in [1.807, 2.05) is 159 Å². The van der Waals surface area contributed by atoms with E-state index in [4.69, 9.17) is 92.1 Å². The predicted molar refractivity (Wildman–Crippen MR) is 461 cm³/mol. The number of aryl methyl sites for hydroxylation is 1. The molecule has 1 aliphatic carbocycles. The first-order valence-electron chi connectivity index (χ1n) is 36.2. The average Bonchev–Trinajstić information content (AvgIpc) is 0.824. The first-order chi connectivity index (χ1) is 56.5. The van der Waals surface area contributed by atoms with Crippen molar-refractivity contribution in [3.05, 3.63) is 356 Å². The third kappa shape index (κ3) is 44.9. The van der Waals surface area contributed by atoms with Gasteiger partial charge in [-0.25, -0.2) is 26.9 Å². The van der Waals surface area contributed by atoms with Crippen LogP contribution in [0.2, 0.25) is 10.0 Å². The SMILES string of the molecule is BrCCC1CCCCC1.BrCc1ccccc1.C.CCOCC.COC(=O)CC(C)=O.Cc1cc(=O)[nH]c(-c2cccc(F)c2OCc2ccccc2)n1.Fc1cccc(Cl)c1OCc1ccccc1.N#Cc1cccc(F)c1OCc1ccccc1.N=C(N)c1cccc(F)c1OCc1ccccc1.Oc1c(F)cccc1Cl.[C-]#N.[C-]#N.[Zn+2]. The van der Waals surface area contributed by atoms with E-state index in [0.29, 0.717) is 17.9 Å². The number of aromatic hydroxyl groups is 1. The zero-order valence-electron chi connectivity index (χ0n) is 66.0. The maximum atomic E-state index is 14.2. The number of rotatable bonds is 21. The molecule has 0 bridgehead atoms. The number of aromatic amines is 1. The fraction of sp³-hybridized carbons (Fsp3) is 0.239. The molecule has 119 heavy (non-hydrogen) atoms. The maximum absolute atomic E-state index is 14.2. The van der Waals surface area contributed by atoms with E-state index in [1.165, 1.54) is 124 Å². The largest absolute Gasteiger partial charge is 2.00 e. The number of esters is 1. The molecule has 0 atom stereocenters. The first-order valence-corrected chi connectivity index (χ1v) is 39.2. The molecule has 5 N–H and O–H groups in total. The van der Waals surface area contributed by atoms with Gasteiger partial charge in [0.1, 0.15) is 56.4 Å². The minimum atomic E-state index is -0.692. The first kappa shape index (κ1) is 108. The molecule has 0 saturated heterocycles. The number of amidine groups is 1. The molecule has 17 nitrogen and oxygen atoms in total. The van der Waals surface area contributed by atoms with Crippen LogP contribution in [0.3, 0.4) is 0 Å². The molecule has 11 aromatic rings. The Balaban J connectivity index is 0.00000135. The van der Waals surface area contributed by atoms with Crippen LogP contribution in [0.25, 0.3) is 11.4 Å². The summed E-state index contributed by atoms with van der Waals surface area (Å²) in [4.78, 5) is 38.8. The molecule has 0 spiro atoms. The number of carbonyl (C=O) groups is 2. The van der Waals surface area contributed by atoms with E-state index in [1.54, 1.807) is 37.3 Å². The molecular formula is C92H96Br2Cl2F5N7O10Zn. The average molecular weight is 1850 g/mol. The number of hydrogen-bond acceptors (Lipinski definition) is 15. The van der Waals surface area contributed by atoms with Gasteiger partial charge in [0.15, 0.2) is 57.8 Å². The number of para-hydroxylation sites is 5. The van der Waals surface area contributed by atoms with Crippen LogP contribution in [-0.4, -0.2) is 58.3 Å². The number of halogens is 9.